The average Bonchev–Trinajstić information content (AvgIpc) is 2.73. The maximum absolute atomic E-state index is 12.5. The molecule has 0 bridgehead atoms. The van der Waals surface area contributed by atoms with Crippen LogP contribution in [-0.4, -0.2) is 13.1 Å². The van der Waals surface area contributed by atoms with Crippen LogP contribution in [0.1, 0.15) is 15.9 Å². The summed E-state index contributed by atoms with van der Waals surface area (Å²) >= 11 is 0. The third-order valence-electron chi connectivity index (χ3n) is 4.57. The highest BCUT2D eigenvalue weighted by Gasteiger charge is 2.12. The minimum Gasteiger partial charge on any atom is -0.497 e. The lowest BCUT2D eigenvalue weighted by molar-refractivity contribution is 0.0735. The Morgan fingerprint density at radius 1 is 0.897 bits per heavy atom. The van der Waals surface area contributed by atoms with Crippen molar-refractivity contribution in [3.8, 4) is 22.6 Å². The van der Waals surface area contributed by atoms with Crippen LogP contribution >= 0.6 is 0 Å². The Morgan fingerprint density at radius 2 is 1.66 bits per heavy atom. The standard InChI is InChI=1S/C24H18O5/c1-15-4-3-5-18(12-15)23(25)28-20-11-8-17-13-21(24(26)29-22(17)14-20)16-6-9-19(27-2)10-7-16/h3-14H,1-2H3. The van der Waals surface area contributed by atoms with Crippen molar-refractivity contribution < 1.29 is 18.7 Å². The van der Waals surface area contributed by atoms with Gasteiger partial charge in [0.05, 0.1) is 18.2 Å². The second-order valence-corrected chi connectivity index (χ2v) is 6.63. The van der Waals surface area contributed by atoms with Crippen LogP contribution < -0.4 is 15.1 Å². The van der Waals surface area contributed by atoms with Gasteiger partial charge in [0.25, 0.3) is 0 Å². The normalized spacial score (nSPS) is 10.7. The number of methoxy groups -OCH3 is 1. The van der Waals surface area contributed by atoms with Gasteiger partial charge < -0.3 is 13.9 Å². The van der Waals surface area contributed by atoms with E-state index in [0.717, 1.165) is 16.5 Å². The highest BCUT2D eigenvalue weighted by Crippen LogP contribution is 2.26. The lowest BCUT2D eigenvalue weighted by Crippen LogP contribution is -2.08. The van der Waals surface area contributed by atoms with E-state index in [4.69, 9.17) is 13.9 Å². The van der Waals surface area contributed by atoms with Gasteiger partial charge in [0, 0.05) is 11.5 Å². The molecule has 0 unspecified atom stereocenters. The maximum Gasteiger partial charge on any atom is 0.344 e. The number of carbonyl (C=O) groups excluding carboxylic acids is 1. The molecular formula is C24H18O5. The molecule has 4 rings (SSSR count). The molecule has 0 N–H and O–H groups in total. The third kappa shape index (κ3) is 3.89. The lowest BCUT2D eigenvalue weighted by Gasteiger charge is -2.07. The predicted molar refractivity (Wildman–Crippen MR) is 111 cm³/mol. The smallest absolute Gasteiger partial charge is 0.344 e. The van der Waals surface area contributed by atoms with Crippen LogP contribution in [0.2, 0.25) is 0 Å². The Hall–Kier alpha value is -3.86. The van der Waals surface area contributed by atoms with Crippen molar-refractivity contribution >= 4 is 16.9 Å². The zero-order valence-electron chi connectivity index (χ0n) is 16.0. The van der Waals surface area contributed by atoms with Crippen molar-refractivity contribution in [2.75, 3.05) is 7.11 Å². The molecule has 0 saturated carbocycles. The van der Waals surface area contributed by atoms with E-state index in [0.29, 0.717) is 28.2 Å². The second-order valence-electron chi connectivity index (χ2n) is 6.63. The third-order valence-corrected chi connectivity index (χ3v) is 4.57. The van der Waals surface area contributed by atoms with Gasteiger partial charge in [-0.1, -0.05) is 29.8 Å². The molecule has 1 aromatic heterocycles. The molecule has 0 atom stereocenters. The van der Waals surface area contributed by atoms with Crippen molar-refractivity contribution in [3.63, 3.8) is 0 Å². The van der Waals surface area contributed by atoms with E-state index in [9.17, 15) is 9.59 Å². The molecule has 0 fully saturated rings. The number of hydrogen-bond donors (Lipinski definition) is 0. The Labute approximate surface area is 167 Å². The Kier molecular flexibility index (Phi) is 4.87. The zero-order chi connectivity index (χ0) is 20.4. The molecule has 5 heteroatoms. The molecule has 4 aromatic rings. The van der Waals surface area contributed by atoms with Crippen molar-refractivity contribution in [1.82, 2.24) is 0 Å². The van der Waals surface area contributed by atoms with E-state index in [-0.39, 0.29) is 0 Å². The fraction of sp³-hybridized carbons (Fsp3) is 0.0833. The van der Waals surface area contributed by atoms with E-state index in [2.05, 4.69) is 0 Å². The number of hydrogen-bond acceptors (Lipinski definition) is 5. The van der Waals surface area contributed by atoms with Gasteiger partial charge in [-0.15, -0.1) is 0 Å². The number of fused-ring (bicyclic) bond motifs is 1. The first kappa shape index (κ1) is 18.5. The van der Waals surface area contributed by atoms with Crippen LogP contribution in [0.25, 0.3) is 22.1 Å². The first-order valence-corrected chi connectivity index (χ1v) is 9.05. The summed E-state index contributed by atoms with van der Waals surface area (Å²) in [6, 6.07) is 21.1. The number of benzene rings is 3. The molecular weight excluding hydrogens is 368 g/mol. The summed E-state index contributed by atoms with van der Waals surface area (Å²) in [5.74, 6) is 0.550. The van der Waals surface area contributed by atoms with Crippen molar-refractivity contribution in [3.05, 3.63) is 94.3 Å². The minimum absolute atomic E-state index is 0.310. The summed E-state index contributed by atoms with van der Waals surface area (Å²) < 4.78 is 16.0. The molecule has 0 spiro atoms. The van der Waals surface area contributed by atoms with Crippen LogP contribution in [0.5, 0.6) is 11.5 Å². The molecule has 0 aliphatic heterocycles. The fourth-order valence-corrected chi connectivity index (χ4v) is 3.06. The number of rotatable bonds is 4. The summed E-state index contributed by atoms with van der Waals surface area (Å²) in [5, 5.41) is 0.728. The summed E-state index contributed by atoms with van der Waals surface area (Å²) in [6.07, 6.45) is 0. The molecule has 0 saturated heterocycles. The average molecular weight is 386 g/mol. The van der Waals surface area contributed by atoms with Crippen molar-refractivity contribution in [2.45, 2.75) is 6.92 Å². The SMILES string of the molecule is COc1ccc(-c2cc3ccc(OC(=O)c4cccc(C)c4)cc3oc2=O)cc1. The predicted octanol–water partition coefficient (Wildman–Crippen LogP) is 5.00. The molecule has 144 valence electrons. The van der Waals surface area contributed by atoms with Gasteiger partial charge in [0.2, 0.25) is 0 Å². The van der Waals surface area contributed by atoms with E-state index >= 15 is 0 Å². The van der Waals surface area contributed by atoms with Crippen molar-refractivity contribution in [1.29, 1.82) is 0 Å². The molecule has 0 aliphatic carbocycles. The number of aryl methyl sites for hydroxylation is 1. The summed E-state index contributed by atoms with van der Waals surface area (Å²) in [6.45, 7) is 1.90. The highest BCUT2D eigenvalue weighted by molar-refractivity contribution is 5.92. The minimum atomic E-state index is -0.468. The molecule has 0 amide bonds. The number of ether oxygens (including phenoxy) is 2. The van der Waals surface area contributed by atoms with E-state index in [1.165, 1.54) is 0 Å². The van der Waals surface area contributed by atoms with Crippen LogP contribution in [0.15, 0.2) is 82.0 Å². The van der Waals surface area contributed by atoms with Gasteiger partial charge in [-0.2, -0.15) is 0 Å². The first-order chi connectivity index (χ1) is 14.0. The van der Waals surface area contributed by atoms with Crippen molar-refractivity contribution in [2.24, 2.45) is 0 Å². The van der Waals surface area contributed by atoms with Crippen LogP contribution in [0.3, 0.4) is 0 Å². The molecule has 1 heterocycles. The molecule has 29 heavy (non-hydrogen) atoms. The van der Waals surface area contributed by atoms with Gasteiger partial charge in [0.15, 0.2) is 0 Å². The Balaban J connectivity index is 1.64. The molecule has 0 aliphatic rings. The first-order valence-electron chi connectivity index (χ1n) is 9.05. The monoisotopic (exact) mass is 386 g/mol. The van der Waals surface area contributed by atoms with Crippen LogP contribution in [-0.2, 0) is 0 Å². The highest BCUT2D eigenvalue weighted by atomic mass is 16.5. The number of carbonyl (C=O) groups is 1. The largest absolute Gasteiger partial charge is 0.497 e. The Bertz CT molecular complexity index is 1250. The van der Waals surface area contributed by atoms with Crippen LogP contribution in [0, 0.1) is 6.92 Å². The zero-order valence-corrected chi connectivity index (χ0v) is 16.0. The van der Waals surface area contributed by atoms with Gasteiger partial charge in [-0.05, 0) is 55.0 Å². The second kappa shape index (κ2) is 7.64. The number of esters is 1. The topological polar surface area (TPSA) is 65.7 Å². The molecule has 0 radical (unpaired) electrons. The van der Waals surface area contributed by atoms with E-state index < -0.39 is 11.6 Å². The molecule has 3 aromatic carbocycles. The van der Waals surface area contributed by atoms with Gasteiger partial charge in [-0.25, -0.2) is 9.59 Å². The molecule has 5 nitrogen and oxygen atoms in total. The van der Waals surface area contributed by atoms with E-state index in [1.54, 1.807) is 73.8 Å². The van der Waals surface area contributed by atoms with Gasteiger partial charge in [0.1, 0.15) is 17.1 Å². The van der Waals surface area contributed by atoms with Gasteiger partial charge in [-0.3, -0.25) is 0 Å². The summed E-state index contributed by atoms with van der Waals surface area (Å²) in [5.41, 5.74) is 2.49. The van der Waals surface area contributed by atoms with Crippen LogP contribution in [0.4, 0.5) is 0 Å². The summed E-state index contributed by atoms with van der Waals surface area (Å²) in [4.78, 5) is 24.8. The maximum atomic E-state index is 12.5. The lowest BCUT2D eigenvalue weighted by atomic mass is 10.1. The van der Waals surface area contributed by atoms with E-state index in [1.807, 2.05) is 13.0 Å². The summed E-state index contributed by atoms with van der Waals surface area (Å²) in [7, 11) is 1.59. The fourth-order valence-electron chi connectivity index (χ4n) is 3.06. The van der Waals surface area contributed by atoms with Gasteiger partial charge >= 0.3 is 11.6 Å². The Morgan fingerprint density at radius 3 is 2.38 bits per heavy atom. The quantitative estimate of drug-likeness (QED) is 0.281.